The van der Waals surface area contributed by atoms with Crippen LogP contribution in [0.1, 0.15) is 66.0 Å². The van der Waals surface area contributed by atoms with Crippen LogP contribution in [0, 0.1) is 13.8 Å². The van der Waals surface area contributed by atoms with Gasteiger partial charge in [-0.3, -0.25) is 9.69 Å². The van der Waals surface area contributed by atoms with E-state index < -0.39 is 0 Å². The van der Waals surface area contributed by atoms with Gasteiger partial charge in [-0.2, -0.15) is 0 Å². The quantitative estimate of drug-likeness (QED) is 0.329. The summed E-state index contributed by atoms with van der Waals surface area (Å²) in [7, 11) is 0. The van der Waals surface area contributed by atoms with E-state index in [1.807, 2.05) is 10.7 Å². The van der Waals surface area contributed by atoms with Crippen LogP contribution in [-0.2, 0) is 24.4 Å². The molecule has 1 N–H and O–H groups in total. The van der Waals surface area contributed by atoms with E-state index in [9.17, 15) is 4.79 Å². The van der Waals surface area contributed by atoms with Crippen LogP contribution >= 0.6 is 11.3 Å². The van der Waals surface area contributed by atoms with Crippen LogP contribution in [0.3, 0.4) is 0 Å². The maximum absolute atomic E-state index is 13.3. The lowest BCUT2D eigenvalue weighted by Gasteiger charge is -2.30. The number of nitrogens with one attached hydrogen (secondary N) is 1. The second kappa shape index (κ2) is 11.0. The molecule has 0 amide bonds. The van der Waals surface area contributed by atoms with Crippen LogP contribution in [0.2, 0.25) is 0 Å². The van der Waals surface area contributed by atoms with Gasteiger partial charge in [0.2, 0.25) is 0 Å². The fraction of sp³-hybridized carbons (Fsp3) is 0.481. The van der Waals surface area contributed by atoms with Crippen molar-refractivity contribution in [2.45, 2.75) is 78.2 Å². The summed E-state index contributed by atoms with van der Waals surface area (Å²) in [5.74, 6) is 0.840. The first-order valence-electron chi connectivity index (χ1n) is 12.8. The Morgan fingerprint density at radius 1 is 1.28 bits per heavy atom. The first kappa shape index (κ1) is 24.8. The van der Waals surface area contributed by atoms with Gasteiger partial charge in [0.1, 0.15) is 0 Å². The summed E-state index contributed by atoms with van der Waals surface area (Å²) in [6.07, 6.45) is 4.12. The minimum absolute atomic E-state index is 0.0247. The smallest absolute Gasteiger partial charge is 0.252 e. The Labute approximate surface area is 215 Å². The predicted molar refractivity (Wildman–Crippen MR) is 142 cm³/mol. The van der Waals surface area contributed by atoms with Crippen molar-refractivity contribution in [3.05, 3.63) is 73.5 Å². The molecule has 3 aromatic heterocycles. The third-order valence-electron chi connectivity index (χ3n) is 7.20. The molecule has 5 rings (SSSR count). The second-order valence-electron chi connectivity index (χ2n) is 9.74. The van der Waals surface area contributed by atoms with Crippen LogP contribution in [0.25, 0.3) is 10.9 Å². The number of nitrogens with zero attached hydrogens (tertiary/aromatic N) is 5. The number of thiophene rings is 1. The average Bonchev–Trinajstić information content (AvgIpc) is 3.65. The largest absolute Gasteiger partial charge is 0.376 e. The molecule has 1 aromatic carbocycles. The van der Waals surface area contributed by atoms with E-state index in [0.717, 1.165) is 66.7 Å². The third kappa shape index (κ3) is 5.28. The number of hydrogen-bond donors (Lipinski definition) is 1. The van der Waals surface area contributed by atoms with Crippen molar-refractivity contribution in [3.63, 3.8) is 0 Å². The molecular formula is C27H34N6O2S. The zero-order valence-corrected chi connectivity index (χ0v) is 22.1. The molecule has 8 nitrogen and oxygen atoms in total. The highest BCUT2D eigenvalue weighted by molar-refractivity contribution is 7.09. The Bertz CT molecular complexity index is 1360. The molecule has 36 heavy (non-hydrogen) atoms. The standard InChI is InChI=1S/C27H34N6O2S/c1-4-7-24(26-29-30-31-33(26)16-22-8-5-12-35-22)32(17-23-9-6-13-36-23)15-21-14-20-11-10-18(2)19(3)25(20)28-27(21)34/h6,9-11,13-14,22,24H,4-5,7-8,12,15-17H2,1-3H3,(H,28,34)/t22-,24-/m0/s1. The fourth-order valence-corrected chi connectivity index (χ4v) is 5.82. The number of fused-ring (bicyclic) bond motifs is 1. The van der Waals surface area contributed by atoms with Crippen LogP contribution < -0.4 is 5.56 Å². The van der Waals surface area contributed by atoms with E-state index in [4.69, 9.17) is 4.74 Å². The molecule has 4 heterocycles. The number of aryl methyl sites for hydroxylation is 2. The van der Waals surface area contributed by atoms with Gasteiger partial charge in [-0.25, -0.2) is 4.68 Å². The van der Waals surface area contributed by atoms with Crippen LogP contribution in [0.4, 0.5) is 0 Å². The minimum Gasteiger partial charge on any atom is -0.376 e. The van der Waals surface area contributed by atoms with Gasteiger partial charge in [0.05, 0.1) is 24.2 Å². The van der Waals surface area contributed by atoms with Gasteiger partial charge in [0, 0.05) is 30.1 Å². The number of rotatable bonds is 10. The predicted octanol–water partition coefficient (Wildman–Crippen LogP) is 4.92. The molecule has 9 heteroatoms. The van der Waals surface area contributed by atoms with Gasteiger partial charge in [-0.15, -0.1) is 16.4 Å². The van der Waals surface area contributed by atoms with E-state index in [1.54, 1.807) is 11.3 Å². The number of pyridine rings is 1. The van der Waals surface area contributed by atoms with Crippen molar-refractivity contribution < 1.29 is 4.74 Å². The second-order valence-corrected chi connectivity index (χ2v) is 10.8. The molecule has 1 saturated heterocycles. The molecule has 1 fully saturated rings. The maximum atomic E-state index is 13.3. The lowest BCUT2D eigenvalue weighted by molar-refractivity contribution is 0.0885. The summed E-state index contributed by atoms with van der Waals surface area (Å²) < 4.78 is 7.77. The topological polar surface area (TPSA) is 88.9 Å². The Morgan fingerprint density at radius 2 is 2.17 bits per heavy atom. The van der Waals surface area contributed by atoms with E-state index >= 15 is 0 Å². The first-order chi connectivity index (χ1) is 17.5. The van der Waals surface area contributed by atoms with Crippen LogP contribution in [-0.4, -0.2) is 42.8 Å². The van der Waals surface area contributed by atoms with Gasteiger partial charge in [0.15, 0.2) is 5.82 Å². The number of tetrazole rings is 1. The Morgan fingerprint density at radius 3 is 2.92 bits per heavy atom. The molecule has 0 bridgehead atoms. The number of benzene rings is 1. The molecule has 4 aromatic rings. The van der Waals surface area contributed by atoms with E-state index in [-0.39, 0.29) is 17.7 Å². The molecule has 190 valence electrons. The summed E-state index contributed by atoms with van der Waals surface area (Å²) in [6, 6.07) is 10.4. The van der Waals surface area contributed by atoms with Crippen LogP contribution in [0.5, 0.6) is 0 Å². The molecule has 0 spiro atoms. The molecule has 2 atom stereocenters. The highest BCUT2D eigenvalue weighted by Crippen LogP contribution is 2.30. The summed E-state index contributed by atoms with van der Waals surface area (Å²) >= 11 is 1.73. The lowest BCUT2D eigenvalue weighted by Crippen LogP contribution is -2.33. The van der Waals surface area contributed by atoms with Crippen LogP contribution in [0.15, 0.2) is 40.5 Å². The van der Waals surface area contributed by atoms with Gasteiger partial charge < -0.3 is 9.72 Å². The fourth-order valence-electron chi connectivity index (χ4n) is 5.10. The molecule has 1 aliphatic heterocycles. The zero-order valence-electron chi connectivity index (χ0n) is 21.2. The van der Waals surface area contributed by atoms with Gasteiger partial charge in [0.25, 0.3) is 5.56 Å². The number of ether oxygens (including phenoxy) is 1. The van der Waals surface area contributed by atoms with Crippen molar-refractivity contribution in [3.8, 4) is 0 Å². The van der Waals surface area contributed by atoms with E-state index in [1.165, 1.54) is 10.4 Å². The first-order valence-corrected chi connectivity index (χ1v) is 13.7. The Balaban J connectivity index is 1.51. The molecule has 0 saturated carbocycles. The summed E-state index contributed by atoms with van der Waals surface area (Å²) in [5, 5.41) is 16.0. The molecule has 1 aliphatic rings. The van der Waals surface area contributed by atoms with Crippen molar-refractivity contribution in [2.75, 3.05) is 6.61 Å². The number of aromatic amines is 1. The van der Waals surface area contributed by atoms with Gasteiger partial charge >= 0.3 is 0 Å². The average molecular weight is 507 g/mol. The number of H-pyrrole nitrogens is 1. The van der Waals surface area contributed by atoms with Crippen molar-refractivity contribution in [1.82, 2.24) is 30.1 Å². The normalized spacial score (nSPS) is 16.8. The lowest BCUT2D eigenvalue weighted by atomic mass is 10.0. The monoisotopic (exact) mass is 506 g/mol. The van der Waals surface area contributed by atoms with E-state index in [0.29, 0.717) is 13.1 Å². The Hall–Kier alpha value is -2.88. The van der Waals surface area contributed by atoms with Gasteiger partial charge in [-0.05, 0) is 77.6 Å². The van der Waals surface area contributed by atoms with Crippen molar-refractivity contribution >= 4 is 22.2 Å². The zero-order chi connectivity index (χ0) is 25.1. The van der Waals surface area contributed by atoms with Crippen molar-refractivity contribution in [1.29, 1.82) is 0 Å². The molecule has 0 unspecified atom stereocenters. The molecule has 0 radical (unpaired) electrons. The SMILES string of the molecule is CCC[C@@H](c1nnnn1C[C@@H]1CCCO1)N(Cc1cccs1)Cc1cc2ccc(C)c(C)c2[nH]c1=O. The van der Waals surface area contributed by atoms with Gasteiger partial charge in [-0.1, -0.05) is 31.5 Å². The number of aromatic nitrogens is 5. The summed E-state index contributed by atoms with van der Waals surface area (Å²) in [6.45, 7) is 8.99. The highest BCUT2D eigenvalue weighted by Gasteiger charge is 2.28. The number of hydrogen-bond acceptors (Lipinski definition) is 7. The minimum atomic E-state index is -0.0402. The highest BCUT2D eigenvalue weighted by atomic mass is 32.1. The summed E-state index contributed by atoms with van der Waals surface area (Å²) in [5.41, 5.74) is 3.91. The summed E-state index contributed by atoms with van der Waals surface area (Å²) in [4.78, 5) is 20.0. The Kier molecular flexibility index (Phi) is 7.59. The molecular weight excluding hydrogens is 472 g/mol. The molecule has 0 aliphatic carbocycles. The third-order valence-corrected chi connectivity index (χ3v) is 8.06. The van der Waals surface area contributed by atoms with E-state index in [2.05, 4.69) is 75.8 Å². The maximum Gasteiger partial charge on any atom is 0.252 e. The van der Waals surface area contributed by atoms with Crippen molar-refractivity contribution in [2.24, 2.45) is 0 Å².